The molecule has 0 heterocycles. The summed E-state index contributed by atoms with van der Waals surface area (Å²) < 4.78 is 40.3. The van der Waals surface area contributed by atoms with Crippen molar-refractivity contribution >= 4 is 31.9 Å². The van der Waals surface area contributed by atoms with Gasteiger partial charge in [0, 0.05) is 11.0 Å². The number of nitrogens with zero attached hydrogens (tertiary/aromatic N) is 1. The Hall–Kier alpha value is -1.77. The molecule has 122 valence electrons. The maximum Gasteiger partial charge on any atom is 0.318 e. The quantitative estimate of drug-likeness (QED) is 0.807. The molecule has 2 aromatic rings. The number of carboxylic acids is 1. The van der Waals surface area contributed by atoms with Gasteiger partial charge < -0.3 is 5.11 Å². The number of carboxylic acid groups (broad SMARTS) is 1. The molecule has 0 aliphatic rings. The summed E-state index contributed by atoms with van der Waals surface area (Å²) >= 11 is 3.05. The van der Waals surface area contributed by atoms with E-state index in [1.807, 2.05) is 0 Å². The molecule has 0 saturated heterocycles. The molecule has 0 saturated carbocycles. The largest absolute Gasteiger partial charge is 0.480 e. The van der Waals surface area contributed by atoms with Crippen LogP contribution in [0.3, 0.4) is 0 Å². The van der Waals surface area contributed by atoms with Crippen molar-refractivity contribution in [3.63, 3.8) is 0 Å². The minimum Gasteiger partial charge on any atom is -0.480 e. The van der Waals surface area contributed by atoms with E-state index < -0.39 is 33.3 Å². The highest BCUT2D eigenvalue weighted by Gasteiger charge is 2.29. The maximum atomic E-state index is 14.0. The summed E-state index contributed by atoms with van der Waals surface area (Å²) in [4.78, 5) is 10.5. The van der Waals surface area contributed by atoms with E-state index in [0.717, 1.165) is 16.4 Å². The van der Waals surface area contributed by atoms with Crippen molar-refractivity contribution in [3.05, 3.63) is 64.4 Å². The number of halogens is 2. The number of benzene rings is 2. The van der Waals surface area contributed by atoms with Gasteiger partial charge in [-0.05, 0) is 23.8 Å². The number of hydrogen-bond donors (Lipinski definition) is 1. The van der Waals surface area contributed by atoms with Crippen LogP contribution >= 0.6 is 15.9 Å². The van der Waals surface area contributed by atoms with E-state index in [0.29, 0.717) is 10.0 Å². The fourth-order valence-corrected chi connectivity index (χ4v) is 3.74. The summed E-state index contributed by atoms with van der Waals surface area (Å²) in [5, 5.41) is 8.98. The zero-order valence-electron chi connectivity index (χ0n) is 11.8. The van der Waals surface area contributed by atoms with E-state index in [9.17, 15) is 17.6 Å². The van der Waals surface area contributed by atoms with E-state index in [2.05, 4.69) is 15.9 Å². The van der Waals surface area contributed by atoms with Crippen LogP contribution in [0.1, 0.15) is 5.56 Å². The average molecular weight is 402 g/mol. The molecular formula is C15H13BrFNO4S. The average Bonchev–Trinajstić information content (AvgIpc) is 2.46. The van der Waals surface area contributed by atoms with Gasteiger partial charge in [0.25, 0.3) is 0 Å². The normalized spacial score (nSPS) is 11.6. The molecule has 2 rings (SSSR count). The molecule has 0 atom stereocenters. The Labute approximate surface area is 141 Å². The summed E-state index contributed by atoms with van der Waals surface area (Å²) in [6, 6.07) is 12.0. The van der Waals surface area contributed by atoms with Gasteiger partial charge in [0.05, 0.1) is 0 Å². The zero-order chi connectivity index (χ0) is 17.0. The summed E-state index contributed by atoms with van der Waals surface area (Å²) in [6.45, 7) is -0.919. The zero-order valence-corrected chi connectivity index (χ0v) is 14.2. The Morgan fingerprint density at radius 3 is 2.39 bits per heavy atom. The Bertz CT molecular complexity index is 811. The molecule has 1 N–H and O–H groups in total. The smallest absolute Gasteiger partial charge is 0.318 e. The van der Waals surface area contributed by atoms with Crippen molar-refractivity contribution in [1.29, 1.82) is 0 Å². The van der Waals surface area contributed by atoms with Crippen LogP contribution < -0.4 is 0 Å². The fourth-order valence-electron chi connectivity index (χ4n) is 1.99. The van der Waals surface area contributed by atoms with Crippen molar-refractivity contribution in [3.8, 4) is 0 Å². The van der Waals surface area contributed by atoms with Crippen molar-refractivity contribution in [2.45, 2.75) is 11.4 Å². The molecule has 0 spiro atoms. The van der Waals surface area contributed by atoms with Crippen molar-refractivity contribution in [1.82, 2.24) is 4.31 Å². The molecule has 0 bridgehead atoms. The fraction of sp³-hybridized carbons (Fsp3) is 0.133. The molecule has 0 aromatic heterocycles. The van der Waals surface area contributed by atoms with E-state index >= 15 is 0 Å². The van der Waals surface area contributed by atoms with Crippen LogP contribution in [0.4, 0.5) is 4.39 Å². The minimum absolute atomic E-state index is 0.162. The second-order valence-electron chi connectivity index (χ2n) is 4.73. The lowest BCUT2D eigenvalue weighted by atomic mass is 10.2. The highest BCUT2D eigenvalue weighted by Crippen LogP contribution is 2.24. The van der Waals surface area contributed by atoms with Crippen LogP contribution in [0.15, 0.2) is 57.9 Å². The Kier molecular flexibility index (Phi) is 5.51. The molecule has 0 unspecified atom stereocenters. The van der Waals surface area contributed by atoms with Crippen molar-refractivity contribution in [2.24, 2.45) is 0 Å². The lowest BCUT2D eigenvalue weighted by Gasteiger charge is -2.21. The SMILES string of the molecule is O=C(O)CN(Cc1ccccc1)S(=O)(=O)c1ccc(Br)cc1F. The molecule has 0 aliphatic carbocycles. The Morgan fingerprint density at radius 1 is 1.17 bits per heavy atom. The van der Waals surface area contributed by atoms with Gasteiger partial charge in [0.1, 0.15) is 17.3 Å². The molecule has 0 aliphatic heterocycles. The molecule has 0 radical (unpaired) electrons. The molecular weight excluding hydrogens is 389 g/mol. The number of sulfonamides is 1. The molecule has 23 heavy (non-hydrogen) atoms. The lowest BCUT2D eigenvalue weighted by molar-refractivity contribution is -0.137. The van der Waals surface area contributed by atoms with Crippen LogP contribution in [-0.2, 0) is 21.4 Å². The van der Waals surface area contributed by atoms with E-state index in [1.165, 1.54) is 6.07 Å². The number of hydrogen-bond acceptors (Lipinski definition) is 3. The predicted octanol–water partition coefficient (Wildman–Crippen LogP) is 2.86. The maximum absolute atomic E-state index is 14.0. The minimum atomic E-state index is -4.29. The third-order valence-electron chi connectivity index (χ3n) is 3.03. The first-order chi connectivity index (χ1) is 10.8. The van der Waals surface area contributed by atoms with Gasteiger partial charge in [0.2, 0.25) is 10.0 Å². The van der Waals surface area contributed by atoms with Gasteiger partial charge in [-0.25, -0.2) is 12.8 Å². The van der Waals surface area contributed by atoms with E-state index in [-0.39, 0.29) is 6.54 Å². The van der Waals surface area contributed by atoms with Crippen LogP contribution in [-0.4, -0.2) is 30.3 Å². The Morgan fingerprint density at radius 2 is 1.83 bits per heavy atom. The highest BCUT2D eigenvalue weighted by molar-refractivity contribution is 9.10. The first kappa shape index (κ1) is 17.6. The number of aliphatic carboxylic acids is 1. The first-order valence-electron chi connectivity index (χ1n) is 6.51. The summed E-state index contributed by atoms with van der Waals surface area (Å²) in [7, 11) is -4.29. The van der Waals surface area contributed by atoms with Gasteiger partial charge in [0.15, 0.2) is 0 Å². The van der Waals surface area contributed by atoms with Crippen LogP contribution in [0.25, 0.3) is 0 Å². The van der Waals surface area contributed by atoms with E-state index in [1.54, 1.807) is 30.3 Å². The van der Waals surface area contributed by atoms with Crippen molar-refractivity contribution < 1.29 is 22.7 Å². The van der Waals surface area contributed by atoms with Gasteiger partial charge in [-0.15, -0.1) is 0 Å². The second-order valence-corrected chi connectivity index (χ2v) is 7.55. The van der Waals surface area contributed by atoms with E-state index in [4.69, 9.17) is 5.11 Å². The molecule has 0 amide bonds. The standard InChI is InChI=1S/C15H13BrFNO4S/c16-12-6-7-14(13(17)8-12)23(21,22)18(10-15(19)20)9-11-4-2-1-3-5-11/h1-8H,9-10H2,(H,19,20). The third kappa shape index (κ3) is 4.37. The summed E-state index contributed by atoms with van der Waals surface area (Å²) in [6.07, 6.45) is 0. The predicted molar refractivity (Wildman–Crippen MR) is 85.8 cm³/mol. The molecule has 0 fully saturated rings. The summed E-state index contributed by atoms with van der Waals surface area (Å²) in [5.74, 6) is -2.26. The molecule has 8 heteroatoms. The van der Waals surface area contributed by atoms with Crippen LogP contribution in [0.5, 0.6) is 0 Å². The van der Waals surface area contributed by atoms with Crippen LogP contribution in [0, 0.1) is 5.82 Å². The van der Waals surface area contributed by atoms with Crippen molar-refractivity contribution in [2.75, 3.05) is 6.54 Å². The first-order valence-corrected chi connectivity index (χ1v) is 8.75. The van der Waals surface area contributed by atoms with Gasteiger partial charge >= 0.3 is 5.97 Å². The summed E-state index contributed by atoms with van der Waals surface area (Å²) in [5.41, 5.74) is 0.606. The van der Waals surface area contributed by atoms with Gasteiger partial charge in [-0.3, -0.25) is 4.79 Å². The van der Waals surface area contributed by atoms with Gasteiger partial charge in [-0.2, -0.15) is 4.31 Å². The number of rotatable bonds is 6. The second kappa shape index (κ2) is 7.20. The highest BCUT2D eigenvalue weighted by atomic mass is 79.9. The monoisotopic (exact) mass is 401 g/mol. The molecule has 2 aromatic carbocycles. The topological polar surface area (TPSA) is 74.7 Å². The Balaban J connectivity index is 2.42. The third-order valence-corrected chi connectivity index (χ3v) is 5.34. The van der Waals surface area contributed by atoms with Gasteiger partial charge in [-0.1, -0.05) is 46.3 Å². The van der Waals surface area contributed by atoms with Crippen LogP contribution in [0.2, 0.25) is 0 Å². The molecule has 5 nitrogen and oxygen atoms in total. The number of carbonyl (C=O) groups is 1. The lowest BCUT2D eigenvalue weighted by Crippen LogP contribution is -2.35.